The molecular weight excluding hydrogens is 356 g/mol. The molecule has 0 saturated heterocycles. The fourth-order valence-corrected chi connectivity index (χ4v) is 3.20. The van der Waals surface area contributed by atoms with Gasteiger partial charge in [-0.25, -0.2) is 9.97 Å². The predicted molar refractivity (Wildman–Crippen MR) is 106 cm³/mol. The van der Waals surface area contributed by atoms with E-state index < -0.39 is 0 Å². The summed E-state index contributed by atoms with van der Waals surface area (Å²) >= 11 is 0. The molecule has 7 nitrogen and oxygen atoms in total. The maximum absolute atomic E-state index is 12.7. The van der Waals surface area contributed by atoms with Crippen molar-refractivity contribution in [3.63, 3.8) is 0 Å². The maximum atomic E-state index is 12.7. The van der Waals surface area contributed by atoms with E-state index in [9.17, 15) is 4.79 Å². The predicted octanol–water partition coefficient (Wildman–Crippen LogP) is 4.13. The number of amides is 1. The zero-order valence-corrected chi connectivity index (χ0v) is 15.9. The summed E-state index contributed by atoms with van der Waals surface area (Å²) < 4.78 is 10.7. The summed E-state index contributed by atoms with van der Waals surface area (Å²) in [7, 11) is 0. The number of carbonyl (C=O) groups is 1. The number of nitrogens with one attached hydrogen (secondary N) is 2. The summed E-state index contributed by atoms with van der Waals surface area (Å²) in [5.74, 6) is 1.39. The first-order valence-electron chi connectivity index (χ1n) is 8.88. The minimum absolute atomic E-state index is 0.211. The van der Waals surface area contributed by atoms with Crippen molar-refractivity contribution in [2.45, 2.75) is 20.8 Å². The number of aromatic nitrogens is 2. The Kier molecular flexibility index (Phi) is 4.57. The molecule has 0 fully saturated rings. The molecule has 0 aliphatic carbocycles. The van der Waals surface area contributed by atoms with Crippen molar-refractivity contribution in [1.29, 1.82) is 0 Å². The Hall–Kier alpha value is -3.61. The van der Waals surface area contributed by atoms with Crippen molar-refractivity contribution < 1.29 is 14.3 Å². The highest BCUT2D eigenvalue weighted by atomic mass is 16.7. The topological polar surface area (TPSA) is 85.4 Å². The number of ether oxygens (including phenoxy) is 2. The number of nitrogens with zero attached hydrogens (tertiary/aromatic N) is 2. The number of rotatable bonds is 4. The second-order valence-electron chi connectivity index (χ2n) is 6.69. The van der Waals surface area contributed by atoms with Crippen molar-refractivity contribution in [2.75, 3.05) is 17.4 Å². The lowest BCUT2D eigenvalue weighted by Gasteiger charge is -2.13. The van der Waals surface area contributed by atoms with E-state index >= 15 is 0 Å². The quantitative estimate of drug-likeness (QED) is 0.712. The first kappa shape index (κ1) is 17.8. The van der Waals surface area contributed by atoms with Gasteiger partial charge in [0.2, 0.25) is 12.7 Å². The molecule has 0 radical (unpaired) electrons. The van der Waals surface area contributed by atoms with E-state index in [0.717, 1.165) is 28.1 Å². The first-order valence-corrected chi connectivity index (χ1v) is 8.88. The van der Waals surface area contributed by atoms with Crippen molar-refractivity contribution >= 4 is 23.2 Å². The first-order chi connectivity index (χ1) is 13.5. The molecule has 3 aromatic rings. The number of hydrogen-bond acceptors (Lipinski definition) is 6. The highest BCUT2D eigenvalue weighted by Crippen LogP contribution is 2.34. The summed E-state index contributed by atoms with van der Waals surface area (Å²) in [6.45, 7) is 6.19. The van der Waals surface area contributed by atoms with Crippen LogP contribution in [0.5, 0.6) is 11.5 Å². The van der Waals surface area contributed by atoms with Crippen LogP contribution in [0.2, 0.25) is 0 Å². The van der Waals surface area contributed by atoms with Crippen LogP contribution in [0, 0.1) is 20.8 Å². The van der Waals surface area contributed by atoms with E-state index in [-0.39, 0.29) is 18.4 Å². The van der Waals surface area contributed by atoms with Gasteiger partial charge in [-0.3, -0.25) is 4.79 Å². The van der Waals surface area contributed by atoms with Gasteiger partial charge in [0, 0.05) is 23.6 Å². The third-order valence-corrected chi connectivity index (χ3v) is 4.43. The molecule has 0 bridgehead atoms. The number of aryl methyl sites for hydroxylation is 3. The second-order valence-corrected chi connectivity index (χ2v) is 6.69. The van der Waals surface area contributed by atoms with Crippen LogP contribution in [0.3, 0.4) is 0 Å². The van der Waals surface area contributed by atoms with E-state index in [4.69, 9.17) is 9.47 Å². The van der Waals surface area contributed by atoms with Gasteiger partial charge in [-0.1, -0.05) is 17.7 Å². The SMILES string of the molecule is Cc1cc(C)c(NC(=O)c2ccnc(Nc3ccc4c(c3)OCO4)n2)c(C)c1. The van der Waals surface area contributed by atoms with Gasteiger partial charge in [0.1, 0.15) is 5.69 Å². The van der Waals surface area contributed by atoms with Crippen LogP contribution in [-0.2, 0) is 0 Å². The van der Waals surface area contributed by atoms with Gasteiger partial charge in [-0.15, -0.1) is 0 Å². The third kappa shape index (κ3) is 3.59. The average molecular weight is 376 g/mol. The van der Waals surface area contributed by atoms with Crippen LogP contribution in [0.4, 0.5) is 17.3 Å². The van der Waals surface area contributed by atoms with Gasteiger partial charge in [-0.05, 0) is 50.1 Å². The summed E-state index contributed by atoms with van der Waals surface area (Å²) in [5.41, 5.74) is 5.01. The van der Waals surface area contributed by atoms with Crippen LogP contribution < -0.4 is 20.1 Å². The van der Waals surface area contributed by atoms with Crippen LogP contribution >= 0.6 is 0 Å². The van der Waals surface area contributed by atoms with Gasteiger partial charge < -0.3 is 20.1 Å². The molecule has 1 amide bonds. The lowest BCUT2D eigenvalue weighted by Crippen LogP contribution is -2.16. The molecule has 2 heterocycles. The van der Waals surface area contributed by atoms with Crippen LogP contribution in [0.25, 0.3) is 0 Å². The molecule has 1 aliphatic rings. The molecule has 2 N–H and O–H groups in total. The molecule has 2 aromatic carbocycles. The van der Waals surface area contributed by atoms with E-state index in [1.807, 2.05) is 45.0 Å². The molecule has 0 spiro atoms. The lowest BCUT2D eigenvalue weighted by molar-refractivity contribution is 0.102. The molecule has 7 heteroatoms. The maximum Gasteiger partial charge on any atom is 0.274 e. The molecular formula is C21H20N4O3. The zero-order valence-electron chi connectivity index (χ0n) is 15.9. The van der Waals surface area contributed by atoms with Crippen molar-refractivity contribution in [1.82, 2.24) is 9.97 Å². The average Bonchev–Trinajstić information content (AvgIpc) is 3.12. The van der Waals surface area contributed by atoms with Gasteiger partial charge >= 0.3 is 0 Å². The van der Waals surface area contributed by atoms with Gasteiger partial charge in [0.05, 0.1) is 0 Å². The van der Waals surface area contributed by atoms with Crippen LogP contribution in [0.1, 0.15) is 27.2 Å². The minimum Gasteiger partial charge on any atom is -0.454 e. The molecule has 1 aromatic heterocycles. The molecule has 4 rings (SSSR count). The van der Waals surface area contributed by atoms with E-state index in [1.54, 1.807) is 18.3 Å². The Morgan fingerprint density at radius 3 is 2.54 bits per heavy atom. The van der Waals surface area contributed by atoms with Crippen LogP contribution in [-0.4, -0.2) is 22.7 Å². The molecule has 142 valence electrons. The second kappa shape index (κ2) is 7.19. The van der Waals surface area contributed by atoms with E-state index in [0.29, 0.717) is 17.4 Å². The van der Waals surface area contributed by atoms with Crippen molar-refractivity contribution in [3.8, 4) is 11.5 Å². The lowest BCUT2D eigenvalue weighted by atomic mass is 10.1. The van der Waals surface area contributed by atoms with Gasteiger partial charge in [0.15, 0.2) is 11.5 Å². The molecule has 28 heavy (non-hydrogen) atoms. The highest BCUT2D eigenvalue weighted by molar-refractivity contribution is 6.03. The summed E-state index contributed by atoms with van der Waals surface area (Å²) in [4.78, 5) is 21.2. The Morgan fingerprint density at radius 1 is 1.00 bits per heavy atom. The fourth-order valence-electron chi connectivity index (χ4n) is 3.20. The number of carbonyl (C=O) groups excluding carboxylic acids is 1. The monoisotopic (exact) mass is 376 g/mol. The van der Waals surface area contributed by atoms with Gasteiger partial charge in [0.25, 0.3) is 5.91 Å². The number of hydrogen-bond donors (Lipinski definition) is 2. The Balaban J connectivity index is 1.53. The molecule has 0 atom stereocenters. The summed E-state index contributed by atoms with van der Waals surface area (Å²) in [5, 5.41) is 6.04. The van der Waals surface area contributed by atoms with Gasteiger partial charge in [-0.2, -0.15) is 0 Å². The third-order valence-electron chi connectivity index (χ3n) is 4.43. The van der Waals surface area contributed by atoms with E-state index in [2.05, 4.69) is 20.6 Å². The summed E-state index contributed by atoms with van der Waals surface area (Å²) in [6.07, 6.45) is 1.55. The molecule has 0 unspecified atom stereocenters. The number of benzene rings is 2. The smallest absolute Gasteiger partial charge is 0.274 e. The van der Waals surface area contributed by atoms with E-state index in [1.165, 1.54) is 0 Å². The Bertz CT molecular complexity index is 1040. The van der Waals surface area contributed by atoms with Crippen molar-refractivity contribution in [3.05, 3.63) is 65.0 Å². The molecule has 0 saturated carbocycles. The summed E-state index contributed by atoms with van der Waals surface area (Å²) in [6, 6.07) is 11.1. The fraction of sp³-hybridized carbons (Fsp3) is 0.190. The van der Waals surface area contributed by atoms with Crippen molar-refractivity contribution in [2.24, 2.45) is 0 Å². The van der Waals surface area contributed by atoms with Crippen LogP contribution in [0.15, 0.2) is 42.6 Å². The molecule has 1 aliphatic heterocycles. The standard InChI is InChI=1S/C21H20N4O3/c1-12-8-13(2)19(14(3)9-12)25-20(26)16-6-7-22-21(24-16)23-15-4-5-17-18(10-15)28-11-27-17/h4-10H,11H2,1-3H3,(H,25,26)(H,22,23,24). The normalized spacial score (nSPS) is 12.0. The number of anilines is 3. The Labute approximate surface area is 162 Å². The zero-order chi connectivity index (χ0) is 19.7. The Morgan fingerprint density at radius 2 is 1.75 bits per heavy atom. The highest BCUT2D eigenvalue weighted by Gasteiger charge is 2.15. The minimum atomic E-state index is -0.286. The largest absolute Gasteiger partial charge is 0.454 e. The number of fused-ring (bicyclic) bond motifs is 1.